The monoisotopic (exact) mass is 184 g/mol. The predicted octanol–water partition coefficient (Wildman–Crippen LogP) is -1.36. The van der Waals surface area contributed by atoms with Gasteiger partial charge in [-0.25, -0.2) is 0 Å². The van der Waals surface area contributed by atoms with E-state index in [1.54, 1.807) is 0 Å². The summed E-state index contributed by atoms with van der Waals surface area (Å²) in [6, 6.07) is 0.156. The molecule has 0 spiro atoms. The van der Waals surface area contributed by atoms with E-state index in [0.717, 1.165) is 0 Å². The summed E-state index contributed by atoms with van der Waals surface area (Å²) in [7, 11) is 0. The Morgan fingerprint density at radius 3 is 2.77 bits per heavy atom. The third kappa shape index (κ3) is 1.80. The van der Waals surface area contributed by atoms with E-state index in [4.69, 9.17) is 4.74 Å². The van der Waals surface area contributed by atoms with Crippen LogP contribution < -0.4 is 10.6 Å². The van der Waals surface area contributed by atoms with Gasteiger partial charge in [0.1, 0.15) is 0 Å². The van der Waals surface area contributed by atoms with E-state index in [1.165, 1.54) is 0 Å². The molecular formula is C8H12N2O3. The molecule has 72 valence electrons. The predicted molar refractivity (Wildman–Crippen MR) is 43.9 cm³/mol. The van der Waals surface area contributed by atoms with Crippen LogP contribution in [0.4, 0.5) is 0 Å². The largest absolute Gasteiger partial charge is 0.377 e. The molecule has 2 saturated heterocycles. The number of ether oxygens (including phenoxy) is 1. The summed E-state index contributed by atoms with van der Waals surface area (Å²) < 4.78 is 4.92. The van der Waals surface area contributed by atoms with Gasteiger partial charge in [0.2, 0.25) is 11.8 Å². The molecule has 2 N–H and O–H groups in total. The van der Waals surface area contributed by atoms with Crippen molar-refractivity contribution in [3.63, 3.8) is 0 Å². The zero-order chi connectivity index (χ0) is 9.26. The highest BCUT2D eigenvalue weighted by atomic mass is 16.5. The van der Waals surface area contributed by atoms with Gasteiger partial charge in [0.05, 0.1) is 25.2 Å². The molecule has 0 saturated carbocycles. The van der Waals surface area contributed by atoms with Gasteiger partial charge in [-0.2, -0.15) is 0 Å². The van der Waals surface area contributed by atoms with Crippen molar-refractivity contribution >= 4 is 11.8 Å². The molecule has 13 heavy (non-hydrogen) atoms. The summed E-state index contributed by atoms with van der Waals surface area (Å²) in [6.07, 6.45) is 0.319. The Labute approximate surface area is 75.8 Å². The summed E-state index contributed by atoms with van der Waals surface area (Å²) in [6.45, 7) is 1.66. The van der Waals surface area contributed by atoms with Crippen molar-refractivity contribution in [2.45, 2.75) is 12.5 Å². The Balaban J connectivity index is 1.79. The van der Waals surface area contributed by atoms with Crippen LogP contribution in [-0.2, 0) is 14.3 Å². The van der Waals surface area contributed by atoms with E-state index in [-0.39, 0.29) is 23.8 Å². The average Bonchev–Trinajstić information content (AvgIpc) is 2.44. The molecular weight excluding hydrogens is 172 g/mol. The molecule has 0 aromatic carbocycles. The molecule has 5 heteroatoms. The highest BCUT2D eigenvalue weighted by Gasteiger charge is 2.30. The van der Waals surface area contributed by atoms with Crippen molar-refractivity contribution in [3.8, 4) is 0 Å². The fourth-order valence-electron chi connectivity index (χ4n) is 1.43. The average molecular weight is 184 g/mol. The maximum atomic E-state index is 11.4. The molecule has 2 aliphatic rings. The lowest BCUT2D eigenvalue weighted by Crippen LogP contribution is -2.50. The van der Waals surface area contributed by atoms with Gasteiger partial charge in [0.25, 0.3) is 0 Å². The number of carbonyl (C=O) groups excluding carboxylic acids is 2. The van der Waals surface area contributed by atoms with Gasteiger partial charge in [-0.05, 0) is 0 Å². The van der Waals surface area contributed by atoms with Crippen molar-refractivity contribution in [1.82, 2.24) is 10.6 Å². The Morgan fingerprint density at radius 1 is 1.54 bits per heavy atom. The van der Waals surface area contributed by atoms with Crippen LogP contribution in [0.3, 0.4) is 0 Å². The highest BCUT2D eigenvalue weighted by molar-refractivity contribution is 5.89. The van der Waals surface area contributed by atoms with E-state index in [2.05, 4.69) is 10.6 Å². The minimum Gasteiger partial charge on any atom is -0.377 e. The Morgan fingerprint density at radius 2 is 2.31 bits per heavy atom. The Hall–Kier alpha value is -1.10. The zero-order valence-corrected chi connectivity index (χ0v) is 7.21. The standard InChI is InChI=1S/C8H12N2O3/c11-7-1-5(2-9-7)8(12)10-6-3-13-4-6/h5-6H,1-4H2,(H,9,11)(H,10,12). The highest BCUT2D eigenvalue weighted by Crippen LogP contribution is 2.10. The van der Waals surface area contributed by atoms with Crippen LogP contribution in [-0.4, -0.2) is 37.6 Å². The van der Waals surface area contributed by atoms with Crippen molar-refractivity contribution in [2.24, 2.45) is 5.92 Å². The van der Waals surface area contributed by atoms with Crippen molar-refractivity contribution in [2.75, 3.05) is 19.8 Å². The minimum atomic E-state index is -0.187. The summed E-state index contributed by atoms with van der Waals surface area (Å²) in [5, 5.41) is 5.45. The van der Waals surface area contributed by atoms with Crippen LogP contribution in [0.25, 0.3) is 0 Å². The maximum Gasteiger partial charge on any atom is 0.225 e. The second-order valence-electron chi connectivity index (χ2n) is 3.45. The fourth-order valence-corrected chi connectivity index (χ4v) is 1.43. The van der Waals surface area contributed by atoms with Gasteiger partial charge < -0.3 is 15.4 Å². The number of nitrogens with one attached hydrogen (secondary N) is 2. The smallest absolute Gasteiger partial charge is 0.225 e. The molecule has 0 aromatic rings. The van der Waals surface area contributed by atoms with E-state index < -0.39 is 0 Å². The summed E-state index contributed by atoms with van der Waals surface area (Å²) in [5.74, 6) is -0.259. The van der Waals surface area contributed by atoms with E-state index in [1.807, 2.05) is 0 Å². The molecule has 2 rings (SSSR count). The molecule has 2 heterocycles. The minimum absolute atomic E-state index is 0.0355. The second-order valence-corrected chi connectivity index (χ2v) is 3.45. The summed E-state index contributed by atoms with van der Waals surface area (Å²) >= 11 is 0. The number of hydrogen-bond donors (Lipinski definition) is 2. The maximum absolute atomic E-state index is 11.4. The van der Waals surface area contributed by atoms with Crippen LogP contribution in [0.2, 0.25) is 0 Å². The lowest BCUT2D eigenvalue weighted by molar-refractivity contribution is -0.130. The number of rotatable bonds is 2. The first-order valence-electron chi connectivity index (χ1n) is 4.40. The van der Waals surface area contributed by atoms with Gasteiger partial charge >= 0.3 is 0 Å². The SMILES string of the molecule is O=C1CC(C(=O)NC2COC2)CN1. The molecule has 1 unspecified atom stereocenters. The van der Waals surface area contributed by atoms with Crippen LogP contribution in [0, 0.1) is 5.92 Å². The van der Waals surface area contributed by atoms with Crippen LogP contribution in [0.15, 0.2) is 0 Å². The summed E-state index contributed by atoms with van der Waals surface area (Å²) in [5.41, 5.74) is 0. The number of carbonyl (C=O) groups is 2. The number of amides is 2. The Bertz CT molecular complexity index is 238. The Kier molecular flexibility index (Phi) is 2.18. The van der Waals surface area contributed by atoms with Crippen LogP contribution in [0.5, 0.6) is 0 Å². The first-order chi connectivity index (χ1) is 6.25. The van der Waals surface area contributed by atoms with Crippen LogP contribution >= 0.6 is 0 Å². The molecule has 0 aliphatic carbocycles. The van der Waals surface area contributed by atoms with Gasteiger partial charge in [-0.3, -0.25) is 9.59 Å². The molecule has 2 aliphatic heterocycles. The molecule has 5 nitrogen and oxygen atoms in total. The molecule has 0 radical (unpaired) electrons. The number of hydrogen-bond acceptors (Lipinski definition) is 3. The van der Waals surface area contributed by atoms with Gasteiger partial charge in [-0.15, -0.1) is 0 Å². The topological polar surface area (TPSA) is 67.4 Å². The quantitative estimate of drug-likeness (QED) is 0.557. The second kappa shape index (κ2) is 3.33. The van der Waals surface area contributed by atoms with Crippen LogP contribution in [0.1, 0.15) is 6.42 Å². The van der Waals surface area contributed by atoms with Gasteiger partial charge in [0.15, 0.2) is 0 Å². The normalized spacial score (nSPS) is 28.0. The third-order valence-electron chi connectivity index (χ3n) is 2.33. The molecule has 1 atom stereocenters. The molecule has 2 fully saturated rings. The van der Waals surface area contributed by atoms with E-state index in [0.29, 0.717) is 26.2 Å². The lowest BCUT2D eigenvalue weighted by Gasteiger charge is -2.27. The first kappa shape index (κ1) is 8.50. The van der Waals surface area contributed by atoms with Crippen molar-refractivity contribution in [1.29, 1.82) is 0 Å². The van der Waals surface area contributed by atoms with Gasteiger partial charge in [-0.1, -0.05) is 0 Å². The first-order valence-corrected chi connectivity index (χ1v) is 4.40. The van der Waals surface area contributed by atoms with E-state index >= 15 is 0 Å². The molecule has 0 bridgehead atoms. The zero-order valence-electron chi connectivity index (χ0n) is 7.21. The van der Waals surface area contributed by atoms with Crippen molar-refractivity contribution < 1.29 is 14.3 Å². The van der Waals surface area contributed by atoms with Gasteiger partial charge in [0, 0.05) is 13.0 Å². The van der Waals surface area contributed by atoms with E-state index in [9.17, 15) is 9.59 Å². The summed E-state index contributed by atoms with van der Waals surface area (Å²) in [4.78, 5) is 22.2. The molecule has 2 amide bonds. The molecule has 0 aromatic heterocycles. The lowest BCUT2D eigenvalue weighted by atomic mass is 10.1. The third-order valence-corrected chi connectivity index (χ3v) is 2.33. The van der Waals surface area contributed by atoms with Crippen molar-refractivity contribution in [3.05, 3.63) is 0 Å². The fraction of sp³-hybridized carbons (Fsp3) is 0.750.